The summed E-state index contributed by atoms with van der Waals surface area (Å²) < 4.78 is 33.5. The molecule has 0 saturated heterocycles. The van der Waals surface area contributed by atoms with Crippen LogP contribution in [-0.2, 0) is 10.0 Å². The van der Waals surface area contributed by atoms with E-state index >= 15 is 0 Å². The maximum atomic E-state index is 12.9. The molecule has 0 aliphatic carbocycles. The molecule has 136 valence electrons. The van der Waals surface area contributed by atoms with Gasteiger partial charge in [0, 0.05) is 10.9 Å². The lowest BCUT2D eigenvalue weighted by Crippen LogP contribution is -2.36. The van der Waals surface area contributed by atoms with Gasteiger partial charge in [0.25, 0.3) is 5.69 Å². The number of nitrogens with zero attached hydrogens (tertiary/aromatic N) is 1. The Labute approximate surface area is 150 Å². The van der Waals surface area contributed by atoms with Crippen molar-refractivity contribution < 1.29 is 18.1 Å². The molecule has 1 aromatic heterocycles. The number of benzene rings is 1. The molecule has 0 amide bonds. The molecule has 0 aliphatic heterocycles. The van der Waals surface area contributed by atoms with Crippen LogP contribution >= 0.6 is 11.3 Å². The number of methoxy groups -OCH3 is 1. The van der Waals surface area contributed by atoms with Crippen LogP contribution in [0, 0.1) is 15.5 Å². The molecule has 1 heterocycles. The normalized spacial score (nSPS) is 13.4. The summed E-state index contributed by atoms with van der Waals surface area (Å²) in [6.07, 6.45) is 0. The molecule has 0 spiro atoms. The van der Waals surface area contributed by atoms with Gasteiger partial charge in [-0.15, -0.1) is 11.3 Å². The Hall–Kier alpha value is -1.97. The minimum absolute atomic E-state index is 0.0689. The van der Waals surface area contributed by atoms with Crippen LogP contribution in [-0.4, -0.2) is 20.5 Å². The molecular weight excluding hydrogens is 364 g/mol. The number of ether oxygens (including phenoxy) is 1. The van der Waals surface area contributed by atoms with Gasteiger partial charge in [-0.2, -0.15) is 0 Å². The van der Waals surface area contributed by atoms with Crippen molar-refractivity contribution >= 4 is 27.0 Å². The third-order valence-corrected chi connectivity index (χ3v) is 6.01. The maximum absolute atomic E-state index is 12.9. The second kappa shape index (κ2) is 7.11. The molecule has 2 aromatic rings. The highest BCUT2D eigenvalue weighted by molar-refractivity contribution is 7.89. The first-order chi connectivity index (χ1) is 11.6. The van der Waals surface area contributed by atoms with Crippen LogP contribution in [0.15, 0.2) is 40.6 Å². The second-order valence-corrected chi connectivity index (χ2v) is 9.19. The minimum Gasteiger partial charge on any atom is -0.495 e. The van der Waals surface area contributed by atoms with Gasteiger partial charge < -0.3 is 4.74 Å². The molecule has 1 aromatic carbocycles. The number of sulfonamides is 1. The van der Waals surface area contributed by atoms with E-state index in [-0.39, 0.29) is 21.7 Å². The molecule has 9 heteroatoms. The lowest BCUT2D eigenvalue weighted by Gasteiger charge is -2.30. The standard InChI is InChI=1S/C16H20N2O5S2/c1-16(2,3)15(13-6-5-9-24-13)17-25(21,22)14-8-7-11(18(19)20)10-12(14)23-4/h5-10,15,17H,1-4H3. The number of non-ortho nitro benzene ring substituents is 1. The highest BCUT2D eigenvalue weighted by Crippen LogP contribution is 2.37. The Morgan fingerprint density at radius 2 is 1.96 bits per heavy atom. The number of nitrogens with one attached hydrogen (secondary N) is 1. The smallest absolute Gasteiger partial charge is 0.273 e. The van der Waals surface area contributed by atoms with E-state index in [1.54, 1.807) is 0 Å². The number of nitro benzene ring substituents is 1. The van der Waals surface area contributed by atoms with E-state index in [9.17, 15) is 18.5 Å². The third kappa shape index (κ3) is 4.36. The first kappa shape index (κ1) is 19.4. The summed E-state index contributed by atoms with van der Waals surface area (Å²) >= 11 is 1.46. The summed E-state index contributed by atoms with van der Waals surface area (Å²) in [5, 5.41) is 12.8. The van der Waals surface area contributed by atoms with Gasteiger partial charge in [0.15, 0.2) is 0 Å². The van der Waals surface area contributed by atoms with Crippen molar-refractivity contribution in [3.63, 3.8) is 0 Å². The summed E-state index contributed by atoms with van der Waals surface area (Å²) in [7, 11) is -2.67. The van der Waals surface area contributed by atoms with Crippen molar-refractivity contribution in [3.05, 3.63) is 50.7 Å². The zero-order valence-corrected chi connectivity index (χ0v) is 16.0. The Morgan fingerprint density at radius 3 is 2.44 bits per heavy atom. The van der Waals surface area contributed by atoms with Gasteiger partial charge in [0.1, 0.15) is 10.6 Å². The molecule has 1 N–H and O–H groups in total. The maximum Gasteiger partial charge on any atom is 0.273 e. The van der Waals surface area contributed by atoms with Gasteiger partial charge in [-0.1, -0.05) is 26.8 Å². The Morgan fingerprint density at radius 1 is 1.28 bits per heavy atom. The van der Waals surface area contributed by atoms with Gasteiger partial charge in [-0.05, 0) is 22.9 Å². The predicted octanol–water partition coefficient (Wildman–Crippen LogP) is 3.73. The quantitative estimate of drug-likeness (QED) is 0.604. The zero-order valence-electron chi connectivity index (χ0n) is 14.3. The largest absolute Gasteiger partial charge is 0.495 e. The molecule has 1 atom stereocenters. The summed E-state index contributed by atoms with van der Waals surface area (Å²) in [5.74, 6) is -0.0689. The first-order valence-electron chi connectivity index (χ1n) is 7.44. The van der Waals surface area contributed by atoms with Crippen LogP contribution in [0.25, 0.3) is 0 Å². The number of nitro groups is 1. The minimum atomic E-state index is -3.94. The molecule has 1 unspecified atom stereocenters. The van der Waals surface area contributed by atoms with Crippen LogP contribution in [0.2, 0.25) is 0 Å². The Kier molecular flexibility index (Phi) is 5.50. The van der Waals surface area contributed by atoms with Crippen LogP contribution in [0.3, 0.4) is 0 Å². The Balaban J connectivity index is 2.46. The third-order valence-electron chi connectivity index (χ3n) is 3.61. The fraction of sp³-hybridized carbons (Fsp3) is 0.375. The molecule has 0 aliphatic rings. The number of thiophene rings is 1. The number of hydrogen-bond acceptors (Lipinski definition) is 6. The fourth-order valence-corrected chi connectivity index (χ4v) is 4.99. The van der Waals surface area contributed by atoms with Crippen LogP contribution in [0.1, 0.15) is 31.7 Å². The number of rotatable bonds is 6. The van der Waals surface area contributed by atoms with Gasteiger partial charge in [0.05, 0.1) is 24.1 Å². The summed E-state index contributed by atoms with van der Waals surface area (Å²) in [5.41, 5.74) is -0.604. The molecule has 0 fully saturated rings. The Bertz CT molecular complexity index is 855. The van der Waals surface area contributed by atoms with E-state index in [1.165, 1.54) is 24.5 Å². The fourth-order valence-electron chi connectivity index (χ4n) is 2.33. The van der Waals surface area contributed by atoms with Crippen LogP contribution in [0.5, 0.6) is 5.75 Å². The van der Waals surface area contributed by atoms with E-state index in [0.717, 1.165) is 17.0 Å². The van der Waals surface area contributed by atoms with E-state index in [0.29, 0.717) is 0 Å². The monoisotopic (exact) mass is 384 g/mol. The molecule has 0 saturated carbocycles. The van der Waals surface area contributed by atoms with Crippen LogP contribution < -0.4 is 9.46 Å². The summed E-state index contributed by atoms with van der Waals surface area (Å²) in [6.45, 7) is 5.81. The van der Waals surface area contributed by atoms with E-state index in [1.807, 2.05) is 38.3 Å². The van der Waals surface area contributed by atoms with E-state index < -0.39 is 21.0 Å². The average Bonchev–Trinajstić information content (AvgIpc) is 3.04. The molecule has 25 heavy (non-hydrogen) atoms. The number of hydrogen-bond donors (Lipinski definition) is 1. The van der Waals surface area contributed by atoms with Crippen molar-refractivity contribution in [1.29, 1.82) is 0 Å². The highest BCUT2D eigenvalue weighted by Gasteiger charge is 2.33. The van der Waals surface area contributed by atoms with Crippen molar-refractivity contribution in [1.82, 2.24) is 4.72 Å². The lowest BCUT2D eigenvalue weighted by atomic mass is 9.86. The van der Waals surface area contributed by atoms with Gasteiger partial charge in [-0.25, -0.2) is 13.1 Å². The lowest BCUT2D eigenvalue weighted by molar-refractivity contribution is -0.385. The SMILES string of the molecule is COc1cc([N+](=O)[O-])ccc1S(=O)(=O)NC(c1cccs1)C(C)(C)C. The molecule has 7 nitrogen and oxygen atoms in total. The molecule has 2 rings (SSSR count). The predicted molar refractivity (Wildman–Crippen MR) is 96.5 cm³/mol. The van der Waals surface area contributed by atoms with Crippen molar-refractivity contribution in [2.24, 2.45) is 5.41 Å². The molecular formula is C16H20N2O5S2. The van der Waals surface area contributed by atoms with Crippen molar-refractivity contribution in [3.8, 4) is 5.75 Å². The second-order valence-electron chi connectivity index (χ2n) is 6.53. The first-order valence-corrected chi connectivity index (χ1v) is 9.80. The van der Waals surface area contributed by atoms with Crippen LogP contribution in [0.4, 0.5) is 5.69 Å². The van der Waals surface area contributed by atoms with Gasteiger partial charge >= 0.3 is 0 Å². The molecule has 0 radical (unpaired) electrons. The van der Waals surface area contributed by atoms with Crippen molar-refractivity contribution in [2.75, 3.05) is 7.11 Å². The zero-order chi connectivity index (χ0) is 18.8. The summed E-state index contributed by atoms with van der Waals surface area (Å²) in [6, 6.07) is 6.72. The van der Waals surface area contributed by atoms with Gasteiger partial charge in [-0.3, -0.25) is 10.1 Å². The topological polar surface area (TPSA) is 98.5 Å². The summed E-state index contributed by atoms with van der Waals surface area (Å²) in [4.78, 5) is 11.0. The molecule has 0 bridgehead atoms. The average molecular weight is 384 g/mol. The van der Waals surface area contributed by atoms with E-state index in [4.69, 9.17) is 4.74 Å². The van der Waals surface area contributed by atoms with Gasteiger partial charge in [0.2, 0.25) is 10.0 Å². The highest BCUT2D eigenvalue weighted by atomic mass is 32.2. The van der Waals surface area contributed by atoms with Crippen molar-refractivity contribution in [2.45, 2.75) is 31.7 Å². The van der Waals surface area contributed by atoms with E-state index in [2.05, 4.69) is 4.72 Å².